The second-order valence-electron chi connectivity index (χ2n) is 10.1. The van der Waals surface area contributed by atoms with Gasteiger partial charge in [0.05, 0.1) is 24.4 Å². The van der Waals surface area contributed by atoms with Gasteiger partial charge in [-0.2, -0.15) is 0 Å². The third kappa shape index (κ3) is 10.4. The minimum Gasteiger partial charge on any atom is -0.497 e. The minimum absolute atomic E-state index is 0.0729. The van der Waals surface area contributed by atoms with Gasteiger partial charge in [0, 0.05) is 30.7 Å². The molecule has 1 amide bonds. The summed E-state index contributed by atoms with van der Waals surface area (Å²) < 4.78 is 10.8. The summed E-state index contributed by atoms with van der Waals surface area (Å²) in [5.41, 5.74) is 3.59. The quantitative estimate of drug-likeness (QED) is 0.179. The maximum Gasteiger partial charge on any atom is 0.414 e. The van der Waals surface area contributed by atoms with Gasteiger partial charge in [-0.1, -0.05) is 6.07 Å². The molecule has 16 heteroatoms. The molecule has 1 fully saturated rings. The van der Waals surface area contributed by atoms with E-state index in [0.29, 0.717) is 12.6 Å². The summed E-state index contributed by atoms with van der Waals surface area (Å²) in [6.07, 6.45) is 3.20. The Labute approximate surface area is 262 Å². The van der Waals surface area contributed by atoms with Gasteiger partial charge in [0.1, 0.15) is 11.5 Å². The number of piperidine rings is 1. The number of aromatic nitrogens is 1. The van der Waals surface area contributed by atoms with Gasteiger partial charge in [-0.15, -0.1) is 0 Å². The Hall–Kier alpha value is -5.32. The van der Waals surface area contributed by atoms with Gasteiger partial charge in [-0.3, -0.25) is 9.78 Å². The lowest BCUT2D eigenvalue weighted by Gasteiger charge is -2.34. The number of aliphatic hydroxyl groups excluding tert-OH is 1. The fraction of sp³-hybridized carbons (Fsp3) is 0.333. The van der Waals surface area contributed by atoms with E-state index in [1.165, 1.54) is 0 Å². The largest absolute Gasteiger partial charge is 0.497 e. The number of rotatable bonds is 7. The number of carbonyl (C=O) groups excluding carboxylic acids is 1. The van der Waals surface area contributed by atoms with Crippen LogP contribution in [0.5, 0.6) is 11.5 Å². The highest BCUT2D eigenvalue weighted by Gasteiger charge is 2.23. The lowest BCUT2D eigenvalue weighted by molar-refractivity contribution is -0.159. The van der Waals surface area contributed by atoms with Crippen molar-refractivity contribution >= 4 is 46.4 Å². The molecule has 0 radical (unpaired) electrons. The molecule has 0 aliphatic carbocycles. The number of carboxylic acid groups (broad SMARTS) is 4. The van der Waals surface area contributed by atoms with Crippen LogP contribution in [0.15, 0.2) is 48.7 Å². The second-order valence-corrected chi connectivity index (χ2v) is 10.1. The Morgan fingerprint density at radius 1 is 1.00 bits per heavy atom. The van der Waals surface area contributed by atoms with E-state index in [-0.39, 0.29) is 12.5 Å². The van der Waals surface area contributed by atoms with Crippen LogP contribution in [0, 0.1) is 0 Å². The predicted molar refractivity (Wildman–Crippen MR) is 161 cm³/mol. The first kappa shape index (κ1) is 35.2. The van der Waals surface area contributed by atoms with Crippen LogP contribution in [-0.4, -0.2) is 105 Å². The van der Waals surface area contributed by atoms with Crippen LogP contribution < -0.4 is 20.1 Å². The molecule has 246 valence electrons. The zero-order valence-corrected chi connectivity index (χ0v) is 24.7. The highest BCUT2D eigenvalue weighted by molar-refractivity contribution is 6.27. The van der Waals surface area contributed by atoms with Crippen molar-refractivity contribution in [3.05, 3.63) is 59.8 Å². The van der Waals surface area contributed by atoms with E-state index in [0.717, 1.165) is 71.7 Å². The topological polar surface area (TPSA) is 245 Å². The molecular formula is C30H34N4O12. The molecule has 2 aliphatic heterocycles. The van der Waals surface area contributed by atoms with Crippen molar-refractivity contribution in [2.24, 2.45) is 0 Å². The molecular weight excluding hydrogens is 608 g/mol. The van der Waals surface area contributed by atoms with Crippen LogP contribution in [0.3, 0.4) is 0 Å². The Morgan fingerprint density at radius 3 is 2.26 bits per heavy atom. The van der Waals surface area contributed by atoms with Crippen LogP contribution in [0.4, 0.5) is 5.69 Å². The van der Waals surface area contributed by atoms with Crippen molar-refractivity contribution in [3.8, 4) is 11.5 Å². The maximum absolute atomic E-state index is 11.6. The van der Waals surface area contributed by atoms with Gasteiger partial charge >= 0.3 is 23.9 Å². The number of carbonyl (C=O) groups is 5. The van der Waals surface area contributed by atoms with Crippen molar-refractivity contribution in [3.63, 3.8) is 0 Å². The molecule has 46 heavy (non-hydrogen) atoms. The van der Waals surface area contributed by atoms with Crippen molar-refractivity contribution in [1.82, 2.24) is 15.2 Å². The Morgan fingerprint density at radius 2 is 1.65 bits per heavy atom. The molecule has 2 aromatic carbocycles. The molecule has 3 aromatic rings. The summed E-state index contributed by atoms with van der Waals surface area (Å²) in [4.78, 5) is 54.7. The number of aliphatic carboxylic acids is 4. The number of carboxylic acids is 4. The number of likely N-dealkylation sites (tertiary alicyclic amines) is 1. The van der Waals surface area contributed by atoms with Gasteiger partial charge in [0.2, 0.25) is 0 Å². The second kappa shape index (κ2) is 16.7. The number of methoxy groups -OCH3 is 1. The third-order valence-corrected chi connectivity index (χ3v) is 7.00. The summed E-state index contributed by atoms with van der Waals surface area (Å²) in [6, 6.07) is 14.0. The first-order valence-corrected chi connectivity index (χ1v) is 13.9. The summed E-state index contributed by atoms with van der Waals surface area (Å²) >= 11 is 0. The number of anilines is 1. The first-order chi connectivity index (χ1) is 21.9. The van der Waals surface area contributed by atoms with Crippen molar-refractivity contribution < 1.29 is 59.0 Å². The SMILES string of the molecule is COc1ccc2nccc([C@@H](O)CN3CCC(NCc4ccc5c(c4)NC(=O)CO5)CC3)c2c1.O=C(O)C(=O)O.O=C(O)C(=O)O. The normalized spacial score (nSPS) is 15.0. The van der Waals surface area contributed by atoms with Crippen molar-refractivity contribution in [2.45, 2.75) is 31.5 Å². The Kier molecular flexibility index (Phi) is 12.7. The molecule has 0 unspecified atom stereocenters. The number of nitrogens with one attached hydrogen (secondary N) is 2. The lowest BCUT2D eigenvalue weighted by atomic mass is 10.0. The van der Waals surface area contributed by atoms with Crippen LogP contribution in [-0.2, 0) is 30.5 Å². The number of benzene rings is 2. The summed E-state index contributed by atoms with van der Waals surface area (Å²) in [6.45, 7) is 3.25. The maximum atomic E-state index is 11.6. The number of pyridine rings is 1. The Balaban J connectivity index is 0.000000410. The number of β-amino-alcohol motifs (C(OH)–C–C–N with tert-alkyl or cyclic N) is 1. The van der Waals surface area contributed by atoms with Crippen LogP contribution in [0.2, 0.25) is 0 Å². The molecule has 1 aromatic heterocycles. The average molecular weight is 643 g/mol. The number of ether oxygens (including phenoxy) is 2. The van der Waals surface area contributed by atoms with Crippen molar-refractivity contribution in [2.75, 3.05) is 38.7 Å². The van der Waals surface area contributed by atoms with Gasteiger partial charge in [0.25, 0.3) is 5.91 Å². The lowest BCUT2D eigenvalue weighted by Crippen LogP contribution is -2.43. The summed E-state index contributed by atoms with van der Waals surface area (Å²) in [5.74, 6) is -5.94. The molecule has 0 bridgehead atoms. The number of aliphatic hydroxyl groups is 1. The fourth-order valence-electron chi connectivity index (χ4n) is 4.73. The Bertz CT molecular complexity index is 1520. The number of amides is 1. The third-order valence-electron chi connectivity index (χ3n) is 7.00. The van der Waals surface area contributed by atoms with Gasteiger partial charge in [-0.05, 0) is 73.5 Å². The van der Waals surface area contributed by atoms with Crippen LogP contribution >= 0.6 is 0 Å². The van der Waals surface area contributed by atoms with Gasteiger partial charge < -0.3 is 50.5 Å². The van der Waals surface area contributed by atoms with E-state index in [1.54, 1.807) is 13.3 Å². The highest BCUT2D eigenvalue weighted by atomic mass is 16.5. The van der Waals surface area contributed by atoms with E-state index in [1.807, 2.05) is 42.5 Å². The van der Waals surface area contributed by atoms with E-state index >= 15 is 0 Å². The number of fused-ring (bicyclic) bond motifs is 2. The monoisotopic (exact) mass is 642 g/mol. The number of hydrogen-bond acceptors (Lipinski definition) is 11. The predicted octanol–water partition coefficient (Wildman–Crippen LogP) is 1.17. The molecule has 5 rings (SSSR count). The molecule has 1 saturated heterocycles. The number of nitrogens with zero attached hydrogens (tertiary/aromatic N) is 2. The van der Waals surface area contributed by atoms with Gasteiger partial charge in [-0.25, -0.2) is 19.2 Å². The minimum atomic E-state index is -1.82. The standard InChI is InChI=1S/C26H30N4O4.2C2H2O4/c1-33-19-3-4-22-21(13-19)20(6-9-27-22)24(31)15-30-10-7-18(8-11-30)28-14-17-2-5-25-23(12-17)29-26(32)16-34-25;2*3-1(4)2(5)6/h2-6,9,12-13,18,24,28,31H,7-8,10-11,14-16H2,1H3,(H,29,32);2*(H,3,4)(H,5,6)/t24-;;/m0../s1. The zero-order valence-electron chi connectivity index (χ0n) is 24.7. The molecule has 0 saturated carbocycles. The molecule has 16 nitrogen and oxygen atoms in total. The fourth-order valence-corrected chi connectivity index (χ4v) is 4.73. The summed E-state index contributed by atoms with van der Waals surface area (Å²) in [5, 5.41) is 48.0. The highest BCUT2D eigenvalue weighted by Crippen LogP contribution is 2.29. The molecule has 3 heterocycles. The number of hydrogen-bond donors (Lipinski definition) is 7. The first-order valence-electron chi connectivity index (χ1n) is 13.9. The molecule has 7 N–H and O–H groups in total. The molecule has 2 aliphatic rings. The summed E-state index contributed by atoms with van der Waals surface area (Å²) in [7, 11) is 1.64. The van der Waals surface area contributed by atoms with Gasteiger partial charge in [0.15, 0.2) is 6.61 Å². The van der Waals surface area contributed by atoms with Crippen LogP contribution in [0.1, 0.15) is 30.1 Å². The van der Waals surface area contributed by atoms with Crippen LogP contribution in [0.25, 0.3) is 10.9 Å². The zero-order chi connectivity index (χ0) is 33.8. The van der Waals surface area contributed by atoms with E-state index in [9.17, 15) is 9.90 Å². The smallest absolute Gasteiger partial charge is 0.414 e. The van der Waals surface area contributed by atoms with E-state index < -0.39 is 30.0 Å². The van der Waals surface area contributed by atoms with E-state index in [2.05, 4.69) is 20.5 Å². The van der Waals surface area contributed by atoms with Crippen molar-refractivity contribution in [1.29, 1.82) is 0 Å². The molecule has 0 spiro atoms. The average Bonchev–Trinajstić information content (AvgIpc) is 3.04. The molecule has 1 atom stereocenters. The van der Waals surface area contributed by atoms with E-state index in [4.69, 9.17) is 49.1 Å².